The van der Waals surface area contributed by atoms with Crippen LogP contribution < -0.4 is 10.2 Å². The van der Waals surface area contributed by atoms with Gasteiger partial charge < -0.3 is 10.2 Å². The summed E-state index contributed by atoms with van der Waals surface area (Å²) < 4.78 is 0. The van der Waals surface area contributed by atoms with Gasteiger partial charge in [-0.2, -0.15) is 0 Å². The maximum Gasteiger partial charge on any atom is 0.274 e. The van der Waals surface area contributed by atoms with Crippen LogP contribution in [0.5, 0.6) is 0 Å². The number of hydrogen-bond donors (Lipinski definition) is 1. The fourth-order valence-electron chi connectivity index (χ4n) is 2.80. The Labute approximate surface area is 120 Å². The predicted octanol–water partition coefficient (Wildman–Crippen LogP) is 2.73. The molecule has 0 bridgehead atoms. The highest BCUT2D eigenvalue weighted by Gasteiger charge is 2.19. The van der Waals surface area contributed by atoms with Crippen molar-refractivity contribution in [1.29, 1.82) is 0 Å². The molecule has 110 valence electrons. The topological polar surface area (TPSA) is 58.4 Å². The van der Waals surface area contributed by atoms with E-state index in [-0.39, 0.29) is 10.6 Å². The molecule has 0 aromatic heterocycles. The van der Waals surface area contributed by atoms with E-state index in [1.807, 2.05) is 12.1 Å². The number of rotatable bonds is 5. The van der Waals surface area contributed by atoms with E-state index in [0.717, 1.165) is 31.9 Å². The van der Waals surface area contributed by atoms with Gasteiger partial charge in [0.1, 0.15) is 0 Å². The van der Waals surface area contributed by atoms with Crippen LogP contribution in [-0.2, 0) is 0 Å². The number of hydrogen-bond acceptors (Lipinski definition) is 4. The Morgan fingerprint density at radius 1 is 1.50 bits per heavy atom. The highest BCUT2D eigenvalue weighted by Crippen LogP contribution is 2.26. The quantitative estimate of drug-likeness (QED) is 0.664. The SMILES string of the molecule is CCN(CC1CCCNC1)c1ccc(C)c([N+](=O)[O-])c1. The summed E-state index contributed by atoms with van der Waals surface area (Å²) >= 11 is 0. The van der Waals surface area contributed by atoms with Gasteiger partial charge in [-0.25, -0.2) is 0 Å². The molecule has 20 heavy (non-hydrogen) atoms. The molecule has 5 heteroatoms. The maximum absolute atomic E-state index is 11.1. The Morgan fingerprint density at radius 3 is 2.90 bits per heavy atom. The minimum atomic E-state index is -0.297. The third kappa shape index (κ3) is 3.48. The smallest absolute Gasteiger partial charge is 0.274 e. The van der Waals surface area contributed by atoms with Gasteiger partial charge in [-0.15, -0.1) is 0 Å². The molecule has 0 saturated carbocycles. The van der Waals surface area contributed by atoms with Gasteiger partial charge in [-0.1, -0.05) is 6.07 Å². The molecule has 1 aliphatic heterocycles. The first-order chi connectivity index (χ1) is 9.61. The van der Waals surface area contributed by atoms with Gasteiger partial charge in [0.05, 0.1) is 4.92 Å². The zero-order chi connectivity index (χ0) is 14.5. The first kappa shape index (κ1) is 14.8. The Kier molecular flexibility index (Phi) is 4.95. The van der Waals surface area contributed by atoms with E-state index < -0.39 is 0 Å². The summed E-state index contributed by atoms with van der Waals surface area (Å²) in [6.07, 6.45) is 2.45. The van der Waals surface area contributed by atoms with Crippen LogP contribution >= 0.6 is 0 Å². The van der Waals surface area contributed by atoms with Crippen molar-refractivity contribution < 1.29 is 4.92 Å². The van der Waals surface area contributed by atoms with Gasteiger partial charge in [0.15, 0.2) is 0 Å². The van der Waals surface area contributed by atoms with Crippen molar-refractivity contribution >= 4 is 11.4 Å². The van der Waals surface area contributed by atoms with Crippen molar-refractivity contribution in [1.82, 2.24) is 5.32 Å². The number of anilines is 1. The molecule has 1 atom stereocenters. The molecule has 2 rings (SSSR count). The zero-order valence-electron chi connectivity index (χ0n) is 12.3. The van der Waals surface area contributed by atoms with Crippen molar-refractivity contribution in [2.24, 2.45) is 5.92 Å². The fourth-order valence-corrected chi connectivity index (χ4v) is 2.80. The molecular weight excluding hydrogens is 254 g/mol. The van der Waals surface area contributed by atoms with Crippen LogP contribution in [0, 0.1) is 23.0 Å². The van der Waals surface area contributed by atoms with Crippen LogP contribution in [0.4, 0.5) is 11.4 Å². The lowest BCUT2D eigenvalue weighted by molar-refractivity contribution is -0.385. The summed E-state index contributed by atoms with van der Waals surface area (Å²) in [5.74, 6) is 0.629. The fraction of sp³-hybridized carbons (Fsp3) is 0.600. The van der Waals surface area contributed by atoms with Crippen LogP contribution in [-0.4, -0.2) is 31.1 Å². The van der Waals surface area contributed by atoms with Gasteiger partial charge in [0.2, 0.25) is 0 Å². The van der Waals surface area contributed by atoms with E-state index in [0.29, 0.717) is 11.5 Å². The molecule has 1 aromatic rings. The Hall–Kier alpha value is -1.62. The molecule has 1 aliphatic rings. The van der Waals surface area contributed by atoms with E-state index in [1.54, 1.807) is 13.0 Å². The molecular formula is C15H23N3O2. The van der Waals surface area contributed by atoms with Crippen LogP contribution in [0.3, 0.4) is 0 Å². The maximum atomic E-state index is 11.1. The Balaban J connectivity index is 2.14. The van der Waals surface area contributed by atoms with E-state index in [4.69, 9.17) is 0 Å². The van der Waals surface area contributed by atoms with E-state index in [9.17, 15) is 10.1 Å². The second kappa shape index (κ2) is 6.70. The largest absolute Gasteiger partial charge is 0.371 e. The molecule has 0 aliphatic carbocycles. The zero-order valence-corrected chi connectivity index (χ0v) is 12.3. The first-order valence-corrected chi connectivity index (χ1v) is 7.32. The standard InChI is InChI=1S/C15H23N3O2/c1-3-17(11-13-5-4-8-16-10-13)14-7-6-12(2)15(9-14)18(19)20/h6-7,9,13,16H,3-5,8,10-11H2,1-2H3. The Bertz CT molecular complexity index is 470. The number of nitrogens with zero attached hydrogens (tertiary/aromatic N) is 2. The number of nitrogens with one attached hydrogen (secondary N) is 1. The van der Waals surface area contributed by atoms with Crippen molar-refractivity contribution in [2.75, 3.05) is 31.1 Å². The minimum Gasteiger partial charge on any atom is -0.371 e. The highest BCUT2D eigenvalue weighted by atomic mass is 16.6. The van der Waals surface area contributed by atoms with Gasteiger partial charge in [0, 0.05) is 30.4 Å². The average Bonchev–Trinajstić information content (AvgIpc) is 2.46. The number of benzene rings is 1. The molecule has 1 aromatic carbocycles. The third-order valence-corrected chi connectivity index (χ3v) is 4.01. The third-order valence-electron chi connectivity index (χ3n) is 4.01. The molecule has 5 nitrogen and oxygen atoms in total. The van der Waals surface area contributed by atoms with Crippen molar-refractivity contribution in [2.45, 2.75) is 26.7 Å². The van der Waals surface area contributed by atoms with E-state index in [1.165, 1.54) is 12.8 Å². The Morgan fingerprint density at radius 2 is 2.30 bits per heavy atom. The van der Waals surface area contributed by atoms with Crippen LogP contribution in [0.1, 0.15) is 25.3 Å². The van der Waals surface area contributed by atoms with Gasteiger partial charge in [-0.05, 0) is 51.8 Å². The summed E-state index contributed by atoms with van der Waals surface area (Å²) in [5.41, 5.74) is 1.88. The molecule has 1 heterocycles. The lowest BCUT2D eigenvalue weighted by Gasteiger charge is -2.31. The summed E-state index contributed by atoms with van der Waals surface area (Å²) in [6.45, 7) is 7.87. The van der Waals surface area contributed by atoms with Crippen LogP contribution in [0.2, 0.25) is 0 Å². The molecule has 1 fully saturated rings. The summed E-state index contributed by atoms with van der Waals surface area (Å²) in [5, 5.41) is 14.5. The summed E-state index contributed by atoms with van der Waals surface area (Å²) in [6, 6.07) is 5.53. The molecule has 0 radical (unpaired) electrons. The highest BCUT2D eigenvalue weighted by molar-refractivity contribution is 5.56. The lowest BCUT2D eigenvalue weighted by Crippen LogP contribution is -2.38. The van der Waals surface area contributed by atoms with Crippen molar-refractivity contribution in [3.05, 3.63) is 33.9 Å². The van der Waals surface area contributed by atoms with Gasteiger partial charge in [-0.3, -0.25) is 10.1 Å². The predicted molar refractivity (Wildman–Crippen MR) is 81.3 cm³/mol. The number of nitro benzene ring substituents is 1. The number of aryl methyl sites for hydroxylation is 1. The minimum absolute atomic E-state index is 0.211. The molecule has 1 N–H and O–H groups in total. The van der Waals surface area contributed by atoms with Gasteiger partial charge >= 0.3 is 0 Å². The second-order valence-corrected chi connectivity index (χ2v) is 5.48. The lowest BCUT2D eigenvalue weighted by atomic mass is 9.98. The first-order valence-electron chi connectivity index (χ1n) is 7.32. The van der Waals surface area contributed by atoms with Crippen molar-refractivity contribution in [3.8, 4) is 0 Å². The van der Waals surface area contributed by atoms with E-state index >= 15 is 0 Å². The normalized spacial score (nSPS) is 18.8. The van der Waals surface area contributed by atoms with Crippen LogP contribution in [0.15, 0.2) is 18.2 Å². The van der Waals surface area contributed by atoms with E-state index in [2.05, 4.69) is 17.1 Å². The number of nitro groups is 1. The second-order valence-electron chi connectivity index (χ2n) is 5.48. The summed E-state index contributed by atoms with van der Waals surface area (Å²) in [7, 11) is 0. The molecule has 1 saturated heterocycles. The van der Waals surface area contributed by atoms with Crippen LogP contribution in [0.25, 0.3) is 0 Å². The molecule has 0 spiro atoms. The van der Waals surface area contributed by atoms with Gasteiger partial charge in [0.25, 0.3) is 5.69 Å². The molecule has 0 amide bonds. The van der Waals surface area contributed by atoms with Crippen molar-refractivity contribution in [3.63, 3.8) is 0 Å². The number of piperidine rings is 1. The monoisotopic (exact) mass is 277 g/mol. The summed E-state index contributed by atoms with van der Waals surface area (Å²) in [4.78, 5) is 13.0. The molecule has 1 unspecified atom stereocenters. The average molecular weight is 277 g/mol.